The van der Waals surface area contributed by atoms with Gasteiger partial charge in [-0.3, -0.25) is 9.59 Å². The highest BCUT2D eigenvalue weighted by atomic mass is 35.5. The standard InChI is InChI=1S/C15H19ClN2O2/c1-3-10(2)17-14(19)13-8-9-18(15(13)20)12-6-4-11(16)5-7-12/h4-7,10,13H,3,8-9H2,1-2H3,(H,17,19). The van der Waals surface area contributed by atoms with Crippen LogP contribution in [0.3, 0.4) is 0 Å². The Balaban J connectivity index is 2.05. The molecule has 1 aliphatic rings. The molecular weight excluding hydrogens is 276 g/mol. The number of carbonyl (C=O) groups excluding carboxylic acids is 2. The quantitative estimate of drug-likeness (QED) is 0.868. The van der Waals surface area contributed by atoms with Crippen molar-refractivity contribution < 1.29 is 9.59 Å². The number of hydrogen-bond donors (Lipinski definition) is 1. The predicted octanol–water partition coefficient (Wildman–Crippen LogP) is 2.61. The SMILES string of the molecule is CCC(C)NC(=O)C1CCN(c2ccc(Cl)cc2)C1=O. The lowest BCUT2D eigenvalue weighted by Gasteiger charge is -2.18. The topological polar surface area (TPSA) is 49.4 Å². The molecule has 0 bridgehead atoms. The van der Waals surface area contributed by atoms with Gasteiger partial charge in [0.1, 0.15) is 5.92 Å². The molecule has 1 aromatic rings. The van der Waals surface area contributed by atoms with E-state index >= 15 is 0 Å². The van der Waals surface area contributed by atoms with Crippen molar-refractivity contribution in [3.63, 3.8) is 0 Å². The average molecular weight is 295 g/mol. The van der Waals surface area contributed by atoms with E-state index in [9.17, 15) is 9.59 Å². The maximum atomic E-state index is 12.3. The molecule has 1 aromatic carbocycles. The fraction of sp³-hybridized carbons (Fsp3) is 0.467. The van der Waals surface area contributed by atoms with Crippen LogP contribution in [-0.4, -0.2) is 24.4 Å². The van der Waals surface area contributed by atoms with E-state index in [0.717, 1.165) is 12.1 Å². The first-order chi connectivity index (χ1) is 9.52. The Morgan fingerprint density at radius 2 is 2.10 bits per heavy atom. The van der Waals surface area contributed by atoms with Crippen LogP contribution in [0.2, 0.25) is 5.02 Å². The van der Waals surface area contributed by atoms with Gasteiger partial charge in [-0.25, -0.2) is 0 Å². The van der Waals surface area contributed by atoms with Gasteiger partial charge in [-0.05, 0) is 44.0 Å². The number of nitrogens with one attached hydrogen (secondary N) is 1. The smallest absolute Gasteiger partial charge is 0.239 e. The normalized spacial score (nSPS) is 20.1. The molecule has 2 unspecified atom stereocenters. The predicted molar refractivity (Wildman–Crippen MR) is 79.8 cm³/mol. The van der Waals surface area contributed by atoms with E-state index < -0.39 is 5.92 Å². The lowest BCUT2D eigenvalue weighted by Crippen LogP contribution is -2.40. The largest absolute Gasteiger partial charge is 0.353 e. The van der Waals surface area contributed by atoms with Gasteiger partial charge < -0.3 is 10.2 Å². The van der Waals surface area contributed by atoms with Gasteiger partial charge in [-0.15, -0.1) is 0 Å². The van der Waals surface area contributed by atoms with Gasteiger partial charge in [0, 0.05) is 23.3 Å². The molecule has 1 N–H and O–H groups in total. The monoisotopic (exact) mass is 294 g/mol. The summed E-state index contributed by atoms with van der Waals surface area (Å²) >= 11 is 5.84. The van der Waals surface area contributed by atoms with Gasteiger partial charge in [-0.1, -0.05) is 18.5 Å². The molecule has 0 aromatic heterocycles. The molecule has 108 valence electrons. The first-order valence-corrected chi connectivity index (χ1v) is 7.28. The number of carbonyl (C=O) groups is 2. The van der Waals surface area contributed by atoms with E-state index in [0.29, 0.717) is 18.0 Å². The van der Waals surface area contributed by atoms with E-state index in [-0.39, 0.29) is 17.9 Å². The molecule has 0 spiro atoms. The minimum absolute atomic E-state index is 0.0971. The van der Waals surface area contributed by atoms with Crippen LogP contribution in [0, 0.1) is 5.92 Å². The molecular formula is C15H19ClN2O2. The number of benzene rings is 1. The van der Waals surface area contributed by atoms with Crippen molar-refractivity contribution in [2.75, 3.05) is 11.4 Å². The van der Waals surface area contributed by atoms with Crippen molar-refractivity contribution in [2.24, 2.45) is 5.92 Å². The molecule has 2 amide bonds. The first-order valence-electron chi connectivity index (χ1n) is 6.90. The van der Waals surface area contributed by atoms with Crippen molar-refractivity contribution in [1.29, 1.82) is 0 Å². The highest BCUT2D eigenvalue weighted by molar-refractivity contribution is 6.30. The summed E-state index contributed by atoms with van der Waals surface area (Å²) in [5.74, 6) is -0.867. The van der Waals surface area contributed by atoms with Crippen LogP contribution in [0.1, 0.15) is 26.7 Å². The highest BCUT2D eigenvalue weighted by Crippen LogP contribution is 2.26. The lowest BCUT2D eigenvalue weighted by atomic mass is 10.1. The van der Waals surface area contributed by atoms with E-state index in [1.807, 2.05) is 13.8 Å². The van der Waals surface area contributed by atoms with Gasteiger partial charge in [-0.2, -0.15) is 0 Å². The number of halogens is 1. The fourth-order valence-corrected chi connectivity index (χ4v) is 2.37. The summed E-state index contributed by atoms with van der Waals surface area (Å²) in [6.07, 6.45) is 1.41. The summed E-state index contributed by atoms with van der Waals surface area (Å²) in [5.41, 5.74) is 0.790. The third kappa shape index (κ3) is 3.12. The third-order valence-electron chi connectivity index (χ3n) is 3.66. The second-order valence-corrected chi connectivity index (χ2v) is 5.56. The maximum Gasteiger partial charge on any atom is 0.239 e. The van der Waals surface area contributed by atoms with Crippen molar-refractivity contribution >= 4 is 29.1 Å². The minimum Gasteiger partial charge on any atom is -0.353 e. The van der Waals surface area contributed by atoms with E-state index in [4.69, 9.17) is 11.6 Å². The number of nitrogens with zero attached hydrogens (tertiary/aromatic N) is 1. The number of rotatable bonds is 4. The zero-order valence-corrected chi connectivity index (χ0v) is 12.5. The van der Waals surface area contributed by atoms with Crippen LogP contribution in [0.15, 0.2) is 24.3 Å². The Hall–Kier alpha value is -1.55. The summed E-state index contributed by atoms with van der Waals surface area (Å²) in [7, 11) is 0. The summed E-state index contributed by atoms with van der Waals surface area (Å²) in [5, 5.41) is 3.51. The van der Waals surface area contributed by atoms with Crippen molar-refractivity contribution in [2.45, 2.75) is 32.7 Å². The Morgan fingerprint density at radius 3 is 2.70 bits per heavy atom. The summed E-state index contributed by atoms with van der Waals surface area (Å²) in [6, 6.07) is 7.19. The lowest BCUT2D eigenvalue weighted by molar-refractivity contribution is -0.132. The number of anilines is 1. The van der Waals surface area contributed by atoms with Crippen LogP contribution >= 0.6 is 11.6 Å². The summed E-state index contributed by atoms with van der Waals surface area (Å²) in [4.78, 5) is 26.1. The molecule has 1 aliphatic heterocycles. The first kappa shape index (κ1) is 14.9. The fourth-order valence-electron chi connectivity index (χ4n) is 2.25. The third-order valence-corrected chi connectivity index (χ3v) is 3.91. The molecule has 5 heteroatoms. The summed E-state index contributed by atoms with van der Waals surface area (Å²) < 4.78 is 0. The highest BCUT2D eigenvalue weighted by Gasteiger charge is 2.37. The van der Waals surface area contributed by atoms with Crippen LogP contribution in [0.4, 0.5) is 5.69 Å². The molecule has 2 atom stereocenters. The zero-order chi connectivity index (χ0) is 14.7. The van der Waals surface area contributed by atoms with Gasteiger partial charge >= 0.3 is 0 Å². The van der Waals surface area contributed by atoms with Crippen LogP contribution in [-0.2, 0) is 9.59 Å². The molecule has 0 aliphatic carbocycles. The molecule has 1 saturated heterocycles. The average Bonchev–Trinajstić information content (AvgIpc) is 2.81. The van der Waals surface area contributed by atoms with Crippen LogP contribution < -0.4 is 10.2 Å². The zero-order valence-electron chi connectivity index (χ0n) is 11.7. The number of amides is 2. The Labute approximate surface area is 124 Å². The van der Waals surface area contributed by atoms with Crippen molar-refractivity contribution in [3.05, 3.63) is 29.3 Å². The molecule has 20 heavy (non-hydrogen) atoms. The molecule has 0 radical (unpaired) electrons. The van der Waals surface area contributed by atoms with Gasteiger partial charge in [0.25, 0.3) is 0 Å². The van der Waals surface area contributed by atoms with Crippen molar-refractivity contribution in [3.8, 4) is 0 Å². The molecule has 2 rings (SSSR count). The minimum atomic E-state index is -0.570. The molecule has 1 fully saturated rings. The van der Waals surface area contributed by atoms with E-state index in [2.05, 4.69) is 5.32 Å². The van der Waals surface area contributed by atoms with Crippen molar-refractivity contribution in [1.82, 2.24) is 5.32 Å². The Kier molecular flexibility index (Phi) is 4.65. The maximum absolute atomic E-state index is 12.3. The molecule has 0 saturated carbocycles. The van der Waals surface area contributed by atoms with E-state index in [1.54, 1.807) is 29.2 Å². The van der Waals surface area contributed by atoms with Crippen LogP contribution in [0.25, 0.3) is 0 Å². The van der Waals surface area contributed by atoms with E-state index in [1.165, 1.54) is 0 Å². The second-order valence-electron chi connectivity index (χ2n) is 5.13. The molecule has 1 heterocycles. The second kappa shape index (κ2) is 6.27. The summed E-state index contributed by atoms with van der Waals surface area (Å²) in [6.45, 7) is 4.51. The Bertz CT molecular complexity index is 501. The van der Waals surface area contributed by atoms with Gasteiger partial charge in [0.2, 0.25) is 11.8 Å². The number of hydrogen-bond acceptors (Lipinski definition) is 2. The van der Waals surface area contributed by atoms with Gasteiger partial charge in [0.05, 0.1) is 0 Å². The Morgan fingerprint density at radius 1 is 1.45 bits per heavy atom. The molecule has 4 nitrogen and oxygen atoms in total. The van der Waals surface area contributed by atoms with Crippen LogP contribution in [0.5, 0.6) is 0 Å². The van der Waals surface area contributed by atoms with Gasteiger partial charge in [0.15, 0.2) is 0 Å².